The van der Waals surface area contributed by atoms with Crippen LogP contribution in [0.2, 0.25) is 0 Å². The van der Waals surface area contributed by atoms with E-state index in [1.54, 1.807) is 0 Å². The Bertz CT molecular complexity index is 785. The van der Waals surface area contributed by atoms with Crippen LogP contribution in [0.3, 0.4) is 0 Å². The molecule has 1 amide bonds. The Morgan fingerprint density at radius 2 is 0.909 bits per heavy atom. The lowest BCUT2D eigenvalue weighted by atomic mass is 10.0. The predicted octanol–water partition coefficient (Wildman–Crippen LogP) is 9.19. The zero-order valence-corrected chi connectivity index (χ0v) is 30.2. The van der Waals surface area contributed by atoms with Crippen LogP contribution in [0.15, 0.2) is 0 Å². The van der Waals surface area contributed by atoms with Crippen LogP contribution in [0.4, 0.5) is 0 Å². The van der Waals surface area contributed by atoms with E-state index in [1.807, 2.05) is 14.1 Å². The average Bonchev–Trinajstić information content (AvgIpc) is 2.97. The smallest absolute Gasteiger partial charge is 0.270 e. The highest BCUT2D eigenvalue weighted by Crippen LogP contribution is 2.15. The lowest BCUT2D eigenvalue weighted by Gasteiger charge is -2.29. The first-order chi connectivity index (χ1) is 21.1. The number of Topliss-reactive ketones (excluding diaryl/α,β-unsaturated/α-hetero) is 1. The molecule has 7 nitrogen and oxygen atoms in total. The molecule has 0 aliphatic heterocycles. The van der Waals surface area contributed by atoms with Gasteiger partial charge in [0.1, 0.15) is 11.5 Å². The molecule has 0 rings (SSSR count). The zero-order chi connectivity index (χ0) is 32.8. The first-order valence-electron chi connectivity index (χ1n) is 18.6. The first-order valence-corrected chi connectivity index (χ1v) is 20.2. The quantitative estimate of drug-likeness (QED) is 0.0413. The number of rotatable bonds is 34. The van der Waals surface area contributed by atoms with Gasteiger partial charge in [0.05, 0.1) is 27.2 Å². The van der Waals surface area contributed by atoms with Gasteiger partial charge in [-0.25, -0.2) is 0 Å². The van der Waals surface area contributed by atoms with E-state index >= 15 is 0 Å². The molecule has 0 aromatic carbocycles. The fourth-order valence-electron chi connectivity index (χ4n) is 5.78. The summed E-state index contributed by atoms with van der Waals surface area (Å²) < 4.78 is 31.2. The number of carbonyl (C=O) groups is 2. The summed E-state index contributed by atoms with van der Waals surface area (Å²) in [6.07, 6.45) is 32.2. The zero-order valence-electron chi connectivity index (χ0n) is 29.4. The van der Waals surface area contributed by atoms with Crippen molar-refractivity contribution in [2.75, 3.05) is 39.5 Å². The topological polar surface area (TPSA) is 101 Å². The van der Waals surface area contributed by atoms with Crippen molar-refractivity contribution in [3.63, 3.8) is 0 Å². The number of amides is 1. The van der Waals surface area contributed by atoms with Gasteiger partial charge >= 0.3 is 0 Å². The molecule has 0 spiro atoms. The summed E-state index contributed by atoms with van der Waals surface area (Å²) in [7, 11) is -0.0851. The highest BCUT2D eigenvalue weighted by atomic mass is 32.2. The number of quaternary nitrogens is 1. The second kappa shape index (κ2) is 29.4. The highest BCUT2D eigenvalue weighted by molar-refractivity contribution is 7.85. The number of ketones is 1. The van der Waals surface area contributed by atoms with Crippen molar-refractivity contribution in [1.82, 2.24) is 5.32 Å². The Labute approximate surface area is 273 Å². The summed E-state index contributed by atoms with van der Waals surface area (Å²) in [5, 5.41) is 2.96. The maximum Gasteiger partial charge on any atom is 0.270 e. The van der Waals surface area contributed by atoms with Gasteiger partial charge in [-0.15, -0.1) is 0 Å². The van der Waals surface area contributed by atoms with Gasteiger partial charge in [-0.05, 0) is 19.3 Å². The molecule has 0 unspecified atom stereocenters. The predicted molar refractivity (Wildman–Crippen MR) is 187 cm³/mol. The fraction of sp³-hybridized carbons (Fsp3) is 0.944. The fourth-order valence-corrected chi connectivity index (χ4v) is 6.51. The average molecular weight is 646 g/mol. The molecule has 0 aliphatic carbocycles. The normalized spacial score (nSPS) is 12.1. The molecule has 0 aromatic rings. The number of nitrogens with zero attached hydrogens (tertiary/aromatic N) is 1. The number of carbonyl (C=O) groups excluding carboxylic acids is 2. The molecule has 0 heterocycles. The summed E-state index contributed by atoms with van der Waals surface area (Å²) in [5.41, 5.74) is 0. The van der Waals surface area contributed by atoms with E-state index < -0.39 is 10.1 Å². The van der Waals surface area contributed by atoms with E-state index in [0.29, 0.717) is 29.8 Å². The molecule has 0 fully saturated rings. The highest BCUT2D eigenvalue weighted by Gasteiger charge is 2.18. The third kappa shape index (κ3) is 33.9. The molecular weight excluding hydrogens is 572 g/mol. The Morgan fingerprint density at radius 3 is 1.30 bits per heavy atom. The van der Waals surface area contributed by atoms with Gasteiger partial charge in [0.2, 0.25) is 5.91 Å². The van der Waals surface area contributed by atoms with Gasteiger partial charge in [-0.3, -0.25) is 14.1 Å². The van der Waals surface area contributed by atoms with Crippen molar-refractivity contribution in [2.45, 2.75) is 180 Å². The molecule has 0 saturated heterocycles. The molecule has 0 bridgehead atoms. The summed E-state index contributed by atoms with van der Waals surface area (Å²) in [5.74, 6) is 0.297. The third-order valence-electron chi connectivity index (χ3n) is 8.89. The largest absolute Gasteiger partial charge is 0.356 e. The lowest BCUT2D eigenvalue weighted by molar-refractivity contribution is -0.888. The number of nitrogens with one attached hydrogen (secondary N) is 1. The van der Waals surface area contributed by atoms with E-state index in [1.165, 1.54) is 109 Å². The minimum atomic E-state index is -3.94. The molecule has 0 aliphatic rings. The Morgan fingerprint density at radius 1 is 0.545 bits per heavy atom. The summed E-state index contributed by atoms with van der Waals surface area (Å²) in [6.45, 7) is 3.96. The van der Waals surface area contributed by atoms with Crippen LogP contribution in [0.5, 0.6) is 0 Å². The van der Waals surface area contributed by atoms with Crippen molar-refractivity contribution >= 4 is 21.8 Å². The van der Waals surface area contributed by atoms with E-state index in [9.17, 15) is 18.0 Å². The van der Waals surface area contributed by atoms with Crippen LogP contribution < -0.4 is 5.32 Å². The van der Waals surface area contributed by atoms with Crippen molar-refractivity contribution in [3.05, 3.63) is 0 Å². The van der Waals surface area contributed by atoms with Crippen LogP contribution >= 0.6 is 0 Å². The van der Waals surface area contributed by atoms with Crippen LogP contribution in [0.25, 0.3) is 0 Å². The Hall–Kier alpha value is -0.990. The van der Waals surface area contributed by atoms with Crippen molar-refractivity contribution in [1.29, 1.82) is 0 Å². The van der Waals surface area contributed by atoms with Crippen molar-refractivity contribution in [2.24, 2.45) is 0 Å². The van der Waals surface area contributed by atoms with E-state index in [-0.39, 0.29) is 11.7 Å². The number of unbranched alkanes of at least 4 members (excludes halogenated alkanes) is 21. The minimum Gasteiger partial charge on any atom is -0.356 e. The van der Waals surface area contributed by atoms with Gasteiger partial charge in [-0.2, -0.15) is 8.42 Å². The first kappa shape index (κ1) is 43.0. The maximum atomic E-state index is 12.2. The maximum absolute atomic E-state index is 12.2. The molecular formula is C36H73N2O5S+. The molecule has 0 atom stereocenters. The summed E-state index contributed by atoms with van der Waals surface area (Å²) >= 11 is 0. The van der Waals surface area contributed by atoms with Crippen LogP contribution in [0.1, 0.15) is 180 Å². The molecule has 8 heteroatoms. The molecule has 0 radical (unpaired) electrons. The molecule has 0 aromatic heterocycles. The molecule has 262 valence electrons. The lowest BCUT2D eigenvalue weighted by Crippen LogP contribution is -2.44. The van der Waals surface area contributed by atoms with Gasteiger partial charge in [-0.1, -0.05) is 135 Å². The van der Waals surface area contributed by atoms with Crippen molar-refractivity contribution < 1.29 is 27.0 Å². The van der Waals surface area contributed by atoms with Gasteiger partial charge in [0.15, 0.2) is 0 Å². The summed E-state index contributed by atoms with van der Waals surface area (Å²) in [6, 6.07) is 0. The van der Waals surface area contributed by atoms with E-state index in [4.69, 9.17) is 4.55 Å². The van der Waals surface area contributed by atoms with Crippen LogP contribution in [0, 0.1) is 0 Å². The van der Waals surface area contributed by atoms with Crippen LogP contribution in [-0.4, -0.2) is 68.6 Å². The second-order valence-electron chi connectivity index (χ2n) is 13.9. The Balaban J connectivity index is 3.37. The third-order valence-corrected chi connectivity index (χ3v) is 9.58. The SMILES string of the molecule is CCCCCCCCCCCCCCCCCC(=O)CCCCCCCCCCC(=O)NCCC[N+](C)(C)CCS(=O)(=O)O. The number of hydrogen-bond acceptors (Lipinski definition) is 4. The Kier molecular flexibility index (Phi) is 28.8. The standard InChI is InChI=1S/C36H72N2O5S/c1-4-5-6-7-8-9-10-11-12-13-14-15-18-21-24-28-35(39)29-25-22-19-16-17-20-23-26-30-36(40)37-31-27-32-38(2,3)33-34-44(41,42)43/h4-34H2,1-3H3,(H-,37,40,41,42,43)/p+1. The minimum absolute atomic E-state index is 0.0854. The van der Waals surface area contributed by atoms with Crippen LogP contribution in [-0.2, 0) is 19.7 Å². The van der Waals surface area contributed by atoms with Gasteiger partial charge in [0.25, 0.3) is 10.1 Å². The molecule has 44 heavy (non-hydrogen) atoms. The summed E-state index contributed by atoms with van der Waals surface area (Å²) in [4.78, 5) is 24.2. The van der Waals surface area contributed by atoms with Crippen molar-refractivity contribution in [3.8, 4) is 0 Å². The molecule has 0 saturated carbocycles. The van der Waals surface area contributed by atoms with Gasteiger partial charge in [0, 0.05) is 32.2 Å². The van der Waals surface area contributed by atoms with E-state index in [0.717, 1.165) is 64.3 Å². The van der Waals surface area contributed by atoms with Gasteiger partial charge < -0.3 is 9.80 Å². The monoisotopic (exact) mass is 646 g/mol. The molecule has 2 N–H and O–H groups in total. The second-order valence-corrected chi connectivity index (χ2v) is 15.5. The van der Waals surface area contributed by atoms with E-state index in [2.05, 4.69) is 12.2 Å². The number of hydrogen-bond donors (Lipinski definition) is 2.